The van der Waals surface area contributed by atoms with Crippen LogP contribution < -0.4 is 5.43 Å². The summed E-state index contributed by atoms with van der Waals surface area (Å²) in [7, 11) is 0. The first-order valence-corrected chi connectivity index (χ1v) is 12.2. The van der Waals surface area contributed by atoms with Gasteiger partial charge in [0.25, 0.3) is 5.91 Å². The molecule has 4 aromatic rings. The Morgan fingerprint density at radius 3 is 2.41 bits per heavy atom. The molecule has 0 saturated carbocycles. The molecule has 172 valence electrons. The summed E-state index contributed by atoms with van der Waals surface area (Å²) in [6.45, 7) is 3.82. The lowest BCUT2D eigenvalue weighted by Crippen LogP contribution is -2.21. The predicted octanol–water partition coefficient (Wildman–Crippen LogP) is 6.18. The van der Waals surface area contributed by atoms with Crippen molar-refractivity contribution in [1.29, 1.82) is 0 Å². The van der Waals surface area contributed by atoms with Crippen molar-refractivity contribution >= 4 is 46.6 Å². The van der Waals surface area contributed by atoms with E-state index >= 15 is 0 Å². The molecule has 6 nitrogen and oxygen atoms in total. The van der Waals surface area contributed by atoms with Crippen LogP contribution in [0.15, 0.2) is 83.1 Å². The zero-order valence-electron chi connectivity index (χ0n) is 18.5. The fourth-order valence-electron chi connectivity index (χ4n) is 3.20. The van der Waals surface area contributed by atoms with Crippen LogP contribution in [-0.4, -0.2) is 32.1 Å². The van der Waals surface area contributed by atoms with Crippen molar-refractivity contribution in [3.8, 4) is 17.1 Å². The average molecular weight is 510 g/mol. The van der Waals surface area contributed by atoms with E-state index in [0.717, 1.165) is 22.4 Å². The molecular weight excluding hydrogens is 489 g/mol. The van der Waals surface area contributed by atoms with Gasteiger partial charge in [0, 0.05) is 26.9 Å². The van der Waals surface area contributed by atoms with E-state index in [1.807, 2.05) is 78.2 Å². The maximum absolute atomic E-state index is 12.5. The molecule has 0 spiro atoms. The van der Waals surface area contributed by atoms with E-state index in [1.54, 1.807) is 13.0 Å². The number of carbonyl (C=O) groups excluding carboxylic acids is 1. The van der Waals surface area contributed by atoms with Gasteiger partial charge in [0.2, 0.25) is 0 Å². The Bertz CT molecular complexity index is 1330. The number of aromatic nitrogens is 3. The molecule has 0 aliphatic rings. The van der Waals surface area contributed by atoms with Crippen LogP contribution in [0.1, 0.15) is 18.1 Å². The summed E-state index contributed by atoms with van der Waals surface area (Å²) >= 11 is 13.6. The molecule has 9 heteroatoms. The number of hydrogen-bond donors (Lipinski definition) is 1. The van der Waals surface area contributed by atoms with E-state index in [2.05, 4.69) is 20.7 Å². The van der Waals surface area contributed by atoms with Gasteiger partial charge in [-0.05, 0) is 44.2 Å². The second-order valence-corrected chi connectivity index (χ2v) is 9.27. The lowest BCUT2D eigenvalue weighted by molar-refractivity contribution is -0.118. The highest BCUT2D eigenvalue weighted by molar-refractivity contribution is 7.99. The van der Waals surface area contributed by atoms with E-state index in [1.165, 1.54) is 11.8 Å². The lowest BCUT2D eigenvalue weighted by atomic mass is 10.1. The fraction of sp³-hybridized carbons (Fsp3) is 0.120. The number of amides is 1. The van der Waals surface area contributed by atoms with Crippen LogP contribution in [0, 0.1) is 6.92 Å². The van der Waals surface area contributed by atoms with Gasteiger partial charge in [-0.3, -0.25) is 9.36 Å². The Balaban J connectivity index is 1.54. The molecule has 1 N–H and O–H groups in total. The highest BCUT2D eigenvalue weighted by Crippen LogP contribution is 2.28. The molecule has 1 amide bonds. The molecule has 1 heterocycles. The number of hydrazone groups is 1. The number of hydrogen-bond acceptors (Lipinski definition) is 5. The SMILES string of the molecule is CC(=NNC(=O)CSc1nnc(-c2ccc(C)cc2)n1-c1ccc(Cl)cc1)c1ccccc1Cl. The summed E-state index contributed by atoms with van der Waals surface area (Å²) in [5.74, 6) is 0.524. The third-order valence-electron chi connectivity index (χ3n) is 4.97. The lowest BCUT2D eigenvalue weighted by Gasteiger charge is -2.11. The molecule has 0 bridgehead atoms. The van der Waals surface area contributed by atoms with Crippen molar-refractivity contribution in [2.75, 3.05) is 5.75 Å². The standard InChI is InChI=1S/C25H21Cl2N5OS/c1-16-7-9-18(10-8-16)24-30-31-25(32(24)20-13-11-19(26)12-14-20)34-15-23(33)29-28-17(2)21-5-3-4-6-22(21)27/h3-14H,15H2,1-2H3,(H,29,33). The Labute approximate surface area is 212 Å². The fourth-order valence-corrected chi connectivity index (χ4v) is 4.34. The highest BCUT2D eigenvalue weighted by atomic mass is 35.5. The summed E-state index contributed by atoms with van der Waals surface area (Å²) in [5, 5.41) is 14.7. The van der Waals surface area contributed by atoms with Crippen LogP contribution >= 0.6 is 35.0 Å². The first-order chi connectivity index (χ1) is 16.4. The first kappa shape index (κ1) is 24.0. The van der Waals surface area contributed by atoms with Crippen LogP contribution in [0.5, 0.6) is 0 Å². The monoisotopic (exact) mass is 509 g/mol. The van der Waals surface area contributed by atoms with E-state index in [-0.39, 0.29) is 11.7 Å². The summed E-state index contributed by atoms with van der Waals surface area (Å²) in [5.41, 5.74) is 6.89. The smallest absolute Gasteiger partial charge is 0.250 e. The van der Waals surface area contributed by atoms with Crippen molar-refractivity contribution in [3.63, 3.8) is 0 Å². The predicted molar refractivity (Wildman–Crippen MR) is 139 cm³/mol. The molecule has 1 aromatic heterocycles. The second kappa shape index (κ2) is 10.9. The molecule has 0 aliphatic heterocycles. The van der Waals surface area contributed by atoms with E-state index < -0.39 is 0 Å². The van der Waals surface area contributed by atoms with Crippen LogP contribution in [0.25, 0.3) is 17.1 Å². The Hall–Kier alpha value is -3.13. The van der Waals surface area contributed by atoms with E-state index in [4.69, 9.17) is 23.2 Å². The molecule has 0 fully saturated rings. The molecule has 0 saturated heterocycles. The van der Waals surface area contributed by atoms with Crippen molar-refractivity contribution in [1.82, 2.24) is 20.2 Å². The average Bonchev–Trinajstić information content (AvgIpc) is 3.26. The van der Waals surface area contributed by atoms with Gasteiger partial charge in [-0.2, -0.15) is 5.10 Å². The summed E-state index contributed by atoms with van der Waals surface area (Å²) in [4.78, 5) is 12.5. The van der Waals surface area contributed by atoms with Gasteiger partial charge in [-0.15, -0.1) is 10.2 Å². The normalized spacial score (nSPS) is 11.5. The molecule has 34 heavy (non-hydrogen) atoms. The molecule has 3 aromatic carbocycles. The van der Waals surface area contributed by atoms with Crippen LogP contribution in [0.3, 0.4) is 0 Å². The number of nitrogens with one attached hydrogen (secondary N) is 1. The second-order valence-electron chi connectivity index (χ2n) is 7.48. The number of thioether (sulfide) groups is 1. The van der Waals surface area contributed by atoms with Gasteiger partial charge in [-0.25, -0.2) is 5.43 Å². The summed E-state index contributed by atoms with van der Waals surface area (Å²) in [6.07, 6.45) is 0. The number of halogens is 2. The number of aryl methyl sites for hydroxylation is 1. The van der Waals surface area contributed by atoms with Crippen LogP contribution in [0.4, 0.5) is 0 Å². The highest BCUT2D eigenvalue weighted by Gasteiger charge is 2.17. The number of rotatable bonds is 7. The van der Waals surface area contributed by atoms with Gasteiger partial charge in [0.1, 0.15) is 0 Å². The largest absolute Gasteiger partial charge is 0.272 e. The zero-order valence-corrected chi connectivity index (χ0v) is 20.8. The molecular formula is C25H21Cl2N5OS. The Morgan fingerprint density at radius 2 is 1.71 bits per heavy atom. The van der Waals surface area contributed by atoms with Crippen LogP contribution in [-0.2, 0) is 4.79 Å². The van der Waals surface area contributed by atoms with Gasteiger partial charge in [0.05, 0.1) is 11.5 Å². The van der Waals surface area contributed by atoms with Crippen molar-refractivity contribution in [2.45, 2.75) is 19.0 Å². The molecule has 0 aliphatic carbocycles. The minimum absolute atomic E-state index is 0.110. The van der Waals surface area contributed by atoms with Crippen molar-refractivity contribution < 1.29 is 4.79 Å². The van der Waals surface area contributed by atoms with Gasteiger partial charge < -0.3 is 0 Å². The summed E-state index contributed by atoms with van der Waals surface area (Å²) in [6, 6.07) is 22.8. The Morgan fingerprint density at radius 1 is 1.00 bits per heavy atom. The van der Waals surface area contributed by atoms with Crippen molar-refractivity contribution in [3.05, 3.63) is 94.0 Å². The molecule has 0 unspecified atom stereocenters. The number of nitrogens with zero attached hydrogens (tertiary/aromatic N) is 4. The maximum atomic E-state index is 12.5. The number of benzene rings is 3. The minimum atomic E-state index is -0.265. The number of carbonyl (C=O) groups is 1. The van der Waals surface area contributed by atoms with E-state index in [9.17, 15) is 4.79 Å². The third-order valence-corrected chi connectivity index (χ3v) is 6.48. The van der Waals surface area contributed by atoms with E-state index in [0.29, 0.717) is 26.7 Å². The molecule has 0 atom stereocenters. The maximum Gasteiger partial charge on any atom is 0.250 e. The minimum Gasteiger partial charge on any atom is -0.272 e. The first-order valence-electron chi connectivity index (χ1n) is 10.4. The zero-order chi connectivity index (χ0) is 24.1. The third kappa shape index (κ3) is 5.67. The van der Waals surface area contributed by atoms with Gasteiger partial charge in [0.15, 0.2) is 11.0 Å². The topological polar surface area (TPSA) is 72.2 Å². The molecule has 0 radical (unpaired) electrons. The van der Waals surface area contributed by atoms with Gasteiger partial charge in [-0.1, -0.05) is 83.0 Å². The quantitative estimate of drug-likeness (QED) is 0.183. The summed E-state index contributed by atoms with van der Waals surface area (Å²) < 4.78 is 1.91. The molecule has 4 rings (SSSR count). The van der Waals surface area contributed by atoms with Gasteiger partial charge >= 0.3 is 0 Å². The van der Waals surface area contributed by atoms with Crippen molar-refractivity contribution in [2.24, 2.45) is 5.10 Å². The van der Waals surface area contributed by atoms with Crippen LogP contribution in [0.2, 0.25) is 10.0 Å². The Kier molecular flexibility index (Phi) is 7.67.